The number of nitrogens with one attached hydrogen (secondary N) is 1. The van der Waals surface area contributed by atoms with Crippen LogP contribution < -0.4 is 5.69 Å². The highest BCUT2D eigenvalue weighted by Crippen LogP contribution is 2.17. The van der Waals surface area contributed by atoms with E-state index in [1.807, 2.05) is 6.26 Å². The van der Waals surface area contributed by atoms with Gasteiger partial charge >= 0.3 is 17.6 Å². The second-order valence-electron chi connectivity index (χ2n) is 4.12. The third-order valence-electron chi connectivity index (χ3n) is 2.85. The molecule has 20 heavy (non-hydrogen) atoms. The van der Waals surface area contributed by atoms with Gasteiger partial charge in [-0.2, -0.15) is 11.8 Å². The number of aromatic amines is 1. The smallest absolute Gasteiger partial charge is 0.356 e. The summed E-state index contributed by atoms with van der Waals surface area (Å²) in [7, 11) is 0. The maximum atomic E-state index is 11.9. The number of carbonyl (C=O) groups is 2. The van der Waals surface area contributed by atoms with Crippen molar-refractivity contribution in [2.24, 2.45) is 0 Å². The summed E-state index contributed by atoms with van der Waals surface area (Å²) in [6.07, 6.45) is 2.16. The second kappa shape index (κ2) is 7.18. The summed E-state index contributed by atoms with van der Waals surface area (Å²) in [6.45, 7) is 3.36. The normalized spacial score (nSPS) is 12.2. The van der Waals surface area contributed by atoms with E-state index in [1.54, 1.807) is 6.92 Å². The molecule has 0 aliphatic heterocycles. The van der Waals surface area contributed by atoms with Gasteiger partial charge in [-0.1, -0.05) is 0 Å². The van der Waals surface area contributed by atoms with Gasteiger partial charge < -0.3 is 9.84 Å². The Balaban J connectivity index is 3.20. The second-order valence-corrected chi connectivity index (χ2v) is 5.10. The minimum atomic E-state index is -1.10. The van der Waals surface area contributed by atoms with Crippen molar-refractivity contribution >= 4 is 23.7 Å². The van der Waals surface area contributed by atoms with Crippen LogP contribution in [-0.4, -0.2) is 45.2 Å². The zero-order chi connectivity index (χ0) is 15.3. The number of thioether (sulfide) groups is 1. The number of esters is 1. The number of H-pyrrole nitrogens is 1. The van der Waals surface area contributed by atoms with Crippen molar-refractivity contribution < 1.29 is 19.4 Å². The van der Waals surface area contributed by atoms with Gasteiger partial charge in [-0.25, -0.2) is 14.4 Å². The maximum absolute atomic E-state index is 11.9. The number of aromatic nitrogens is 2. The number of imidazole rings is 1. The van der Waals surface area contributed by atoms with Crippen LogP contribution in [0.5, 0.6) is 0 Å². The topological polar surface area (TPSA) is 101 Å². The van der Waals surface area contributed by atoms with E-state index in [-0.39, 0.29) is 18.0 Å². The van der Waals surface area contributed by atoms with Gasteiger partial charge in [0.05, 0.1) is 12.3 Å². The molecule has 0 radical (unpaired) electrons. The summed E-state index contributed by atoms with van der Waals surface area (Å²) in [5, 5.41) is 9.25. The third kappa shape index (κ3) is 3.44. The van der Waals surface area contributed by atoms with E-state index in [1.165, 1.54) is 18.7 Å². The molecule has 0 aliphatic carbocycles. The Morgan fingerprint density at radius 1 is 1.50 bits per heavy atom. The number of aliphatic carboxylic acids is 1. The van der Waals surface area contributed by atoms with Gasteiger partial charge in [-0.15, -0.1) is 0 Å². The molecule has 0 saturated carbocycles. The molecule has 0 unspecified atom stereocenters. The van der Waals surface area contributed by atoms with E-state index in [9.17, 15) is 19.5 Å². The van der Waals surface area contributed by atoms with Gasteiger partial charge in [0.2, 0.25) is 0 Å². The number of carboxylic acid groups (broad SMARTS) is 1. The highest BCUT2D eigenvalue weighted by molar-refractivity contribution is 7.98. The molecule has 0 spiro atoms. The molecular weight excluding hydrogens is 284 g/mol. The molecule has 1 atom stereocenters. The summed E-state index contributed by atoms with van der Waals surface area (Å²) >= 11 is 1.49. The van der Waals surface area contributed by atoms with Gasteiger partial charge in [0.15, 0.2) is 0 Å². The highest BCUT2D eigenvalue weighted by Gasteiger charge is 2.27. The average molecular weight is 302 g/mol. The van der Waals surface area contributed by atoms with Gasteiger partial charge in [0.1, 0.15) is 11.7 Å². The van der Waals surface area contributed by atoms with Crippen LogP contribution in [0.15, 0.2) is 4.79 Å². The molecule has 1 rings (SSSR count). The van der Waals surface area contributed by atoms with Crippen LogP contribution in [-0.2, 0) is 9.53 Å². The van der Waals surface area contributed by atoms with Crippen molar-refractivity contribution in [3.8, 4) is 0 Å². The molecule has 0 bridgehead atoms. The van der Waals surface area contributed by atoms with E-state index in [0.29, 0.717) is 12.2 Å². The van der Waals surface area contributed by atoms with Crippen LogP contribution in [0.25, 0.3) is 0 Å². The molecule has 0 fully saturated rings. The van der Waals surface area contributed by atoms with E-state index < -0.39 is 23.7 Å². The Labute approximate surface area is 120 Å². The van der Waals surface area contributed by atoms with Crippen molar-refractivity contribution in [3.63, 3.8) is 0 Å². The quantitative estimate of drug-likeness (QED) is 0.730. The van der Waals surface area contributed by atoms with Gasteiger partial charge in [-0.3, -0.25) is 9.55 Å². The molecule has 7 nitrogen and oxygen atoms in total. The lowest BCUT2D eigenvalue weighted by atomic mass is 10.2. The van der Waals surface area contributed by atoms with E-state index in [4.69, 9.17) is 4.74 Å². The zero-order valence-electron chi connectivity index (χ0n) is 11.6. The van der Waals surface area contributed by atoms with Gasteiger partial charge in [-0.05, 0) is 32.3 Å². The Bertz CT molecular complexity index is 549. The van der Waals surface area contributed by atoms with Crippen LogP contribution in [0.4, 0.5) is 0 Å². The van der Waals surface area contributed by atoms with Crippen LogP contribution in [0.2, 0.25) is 0 Å². The molecule has 8 heteroatoms. The zero-order valence-corrected chi connectivity index (χ0v) is 12.5. The number of hydrogen-bond donors (Lipinski definition) is 2. The first-order valence-electron chi connectivity index (χ1n) is 6.14. The Morgan fingerprint density at radius 2 is 2.15 bits per heavy atom. The molecule has 1 aromatic heterocycles. The third-order valence-corrected chi connectivity index (χ3v) is 3.49. The molecule has 1 aromatic rings. The molecule has 0 aromatic carbocycles. The number of carbonyl (C=O) groups excluding carboxylic acids is 1. The fourth-order valence-electron chi connectivity index (χ4n) is 1.90. The number of rotatable bonds is 7. The molecule has 0 aliphatic rings. The van der Waals surface area contributed by atoms with Crippen molar-refractivity contribution in [1.82, 2.24) is 9.55 Å². The standard InChI is InChI=1S/C12H18N2O5S/c1-4-19-11(17)9-7(2)14(12(18)13-9)8(10(15)16)5-6-20-3/h8H,4-6H2,1-3H3,(H,13,18)(H,15,16)/t8-/m1/s1. The lowest BCUT2D eigenvalue weighted by molar-refractivity contribution is -0.141. The maximum Gasteiger partial charge on any atom is 0.356 e. The van der Waals surface area contributed by atoms with Crippen molar-refractivity contribution in [3.05, 3.63) is 21.9 Å². The Kier molecular flexibility index (Phi) is 5.87. The molecule has 0 saturated heterocycles. The SMILES string of the molecule is CCOC(=O)c1[nH]c(=O)n([C@H](CCSC)C(=O)O)c1C. The molecule has 0 amide bonds. The minimum Gasteiger partial charge on any atom is -0.480 e. The lowest BCUT2D eigenvalue weighted by Crippen LogP contribution is -2.29. The largest absolute Gasteiger partial charge is 0.480 e. The van der Waals surface area contributed by atoms with Crippen LogP contribution in [0.1, 0.15) is 35.6 Å². The molecular formula is C12H18N2O5S. The summed E-state index contributed by atoms with van der Waals surface area (Å²) in [5.74, 6) is -1.16. The predicted octanol–water partition coefficient (Wildman–Crippen LogP) is 1.04. The molecule has 112 valence electrons. The minimum absolute atomic E-state index is 0.00671. The molecule has 2 N–H and O–H groups in total. The Morgan fingerprint density at radius 3 is 2.65 bits per heavy atom. The Hall–Kier alpha value is -1.70. The first kappa shape index (κ1) is 16.4. The van der Waals surface area contributed by atoms with Gasteiger partial charge in [0, 0.05) is 0 Å². The van der Waals surface area contributed by atoms with Crippen molar-refractivity contribution in [2.45, 2.75) is 26.3 Å². The van der Waals surface area contributed by atoms with Crippen LogP contribution in [0.3, 0.4) is 0 Å². The summed E-state index contributed by atoms with van der Waals surface area (Å²) in [6, 6.07) is -0.991. The lowest BCUT2D eigenvalue weighted by Gasteiger charge is -2.14. The van der Waals surface area contributed by atoms with Crippen molar-refractivity contribution in [1.29, 1.82) is 0 Å². The van der Waals surface area contributed by atoms with E-state index in [2.05, 4.69) is 4.98 Å². The summed E-state index contributed by atoms with van der Waals surface area (Å²) < 4.78 is 5.93. The molecule has 1 heterocycles. The van der Waals surface area contributed by atoms with Crippen LogP contribution >= 0.6 is 11.8 Å². The average Bonchev–Trinajstić information content (AvgIpc) is 2.67. The first-order chi connectivity index (χ1) is 9.43. The first-order valence-corrected chi connectivity index (χ1v) is 7.53. The monoisotopic (exact) mass is 302 g/mol. The number of ether oxygens (including phenoxy) is 1. The predicted molar refractivity (Wildman–Crippen MR) is 75.4 cm³/mol. The van der Waals surface area contributed by atoms with E-state index in [0.717, 1.165) is 4.57 Å². The van der Waals surface area contributed by atoms with Gasteiger partial charge in [0.25, 0.3) is 0 Å². The number of hydrogen-bond acceptors (Lipinski definition) is 5. The number of nitrogens with zero attached hydrogens (tertiary/aromatic N) is 1. The summed E-state index contributed by atoms with van der Waals surface area (Å²) in [4.78, 5) is 37.3. The highest BCUT2D eigenvalue weighted by atomic mass is 32.2. The van der Waals surface area contributed by atoms with E-state index >= 15 is 0 Å². The van der Waals surface area contributed by atoms with Crippen LogP contribution in [0, 0.1) is 6.92 Å². The fraction of sp³-hybridized carbons (Fsp3) is 0.583. The fourth-order valence-corrected chi connectivity index (χ4v) is 2.36. The summed E-state index contributed by atoms with van der Waals surface area (Å²) in [5.41, 5.74) is -0.326. The van der Waals surface area contributed by atoms with Crippen molar-refractivity contribution in [2.75, 3.05) is 18.6 Å². The number of carboxylic acids is 1.